The lowest BCUT2D eigenvalue weighted by Gasteiger charge is -2.06. The highest BCUT2D eigenvalue weighted by molar-refractivity contribution is 7.92. The van der Waals surface area contributed by atoms with Crippen molar-refractivity contribution in [3.63, 3.8) is 0 Å². The van der Waals surface area contributed by atoms with Gasteiger partial charge < -0.3 is 10.1 Å². The minimum Gasteiger partial charge on any atom is -0.462 e. The molecule has 0 spiro atoms. The Hall–Kier alpha value is -2.46. The van der Waals surface area contributed by atoms with E-state index in [0.29, 0.717) is 16.9 Å². The van der Waals surface area contributed by atoms with Gasteiger partial charge in [0.1, 0.15) is 0 Å². The monoisotopic (exact) mass is 383 g/mol. The van der Waals surface area contributed by atoms with Gasteiger partial charge in [0.2, 0.25) is 15.9 Å². The van der Waals surface area contributed by atoms with Crippen molar-refractivity contribution >= 4 is 44.1 Å². The molecule has 0 aliphatic carbocycles. The quantitative estimate of drug-likeness (QED) is 0.706. The molecule has 10 heteroatoms. The van der Waals surface area contributed by atoms with Crippen LogP contribution in [-0.4, -0.2) is 38.1 Å². The Morgan fingerprint density at radius 3 is 2.76 bits per heavy atom. The third-order valence-corrected chi connectivity index (χ3v) is 4.32. The maximum Gasteiger partial charge on any atom is 0.338 e. The Labute approximate surface area is 149 Å². The van der Waals surface area contributed by atoms with E-state index in [9.17, 15) is 18.0 Å². The van der Waals surface area contributed by atoms with Crippen LogP contribution >= 0.6 is 11.3 Å². The summed E-state index contributed by atoms with van der Waals surface area (Å²) in [5.41, 5.74) is 1.24. The molecule has 1 aromatic carbocycles. The zero-order valence-electron chi connectivity index (χ0n) is 13.6. The highest BCUT2D eigenvalue weighted by Gasteiger charge is 2.12. The van der Waals surface area contributed by atoms with Gasteiger partial charge in [0, 0.05) is 11.1 Å². The van der Waals surface area contributed by atoms with Crippen LogP contribution in [-0.2, 0) is 26.0 Å². The zero-order chi connectivity index (χ0) is 18.4. The fourth-order valence-corrected chi connectivity index (χ4v) is 3.46. The first-order chi connectivity index (χ1) is 11.8. The van der Waals surface area contributed by atoms with Crippen molar-refractivity contribution in [3.05, 3.63) is 40.9 Å². The van der Waals surface area contributed by atoms with Crippen molar-refractivity contribution in [3.8, 4) is 0 Å². The molecule has 134 valence electrons. The van der Waals surface area contributed by atoms with Gasteiger partial charge in [-0.05, 0) is 25.1 Å². The molecule has 8 nitrogen and oxygen atoms in total. The number of hydrogen-bond donors (Lipinski definition) is 2. The maximum absolute atomic E-state index is 12.1. The Morgan fingerprint density at radius 1 is 1.32 bits per heavy atom. The lowest BCUT2D eigenvalue weighted by molar-refractivity contribution is -0.115. The number of ether oxygens (including phenoxy) is 1. The van der Waals surface area contributed by atoms with Crippen LogP contribution in [0.2, 0.25) is 0 Å². The van der Waals surface area contributed by atoms with E-state index in [0.717, 1.165) is 17.6 Å². The third-order valence-electron chi connectivity index (χ3n) is 2.82. The van der Waals surface area contributed by atoms with Crippen molar-refractivity contribution in [2.45, 2.75) is 13.3 Å². The third kappa shape index (κ3) is 6.16. The van der Waals surface area contributed by atoms with Crippen molar-refractivity contribution in [2.75, 3.05) is 22.9 Å². The minimum absolute atomic E-state index is 0.0222. The molecule has 0 radical (unpaired) electrons. The molecule has 0 aliphatic rings. The van der Waals surface area contributed by atoms with Gasteiger partial charge in [0.25, 0.3) is 0 Å². The summed E-state index contributed by atoms with van der Waals surface area (Å²) < 4.78 is 29.5. The molecule has 0 atom stereocenters. The first kappa shape index (κ1) is 18.9. The number of thiazole rings is 1. The molecule has 2 N–H and O–H groups in total. The van der Waals surface area contributed by atoms with E-state index in [-0.39, 0.29) is 24.1 Å². The van der Waals surface area contributed by atoms with Crippen LogP contribution in [0, 0.1) is 0 Å². The SMILES string of the molecule is CCOC(=O)c1cccc(NC(=O)Cc2csc(NS(C)(=O)=O)n2)c1. The zero-order valence-corrected chi connectivity index (χ0v) is 15.2. The molecule has 0 saturated carbocycles. The lowest BCUT2D eigenvalue weighted by Crippen LogP contribution is -2.15. The predicted molar refractivity (Wildman–Crippen MR) is 95.3 cm³/mol. The standard InChI is InChI=1S/C15H17N3O5S2/c1-3-23-14(20)10-5-4-6-11(7-10)16-13(19)8-12-9-24-15(17-12)18-25(2,21)22/h4-7,9H,3,8H2,1-2H3,(H,16,19)(H,17,18). The average molecular weight is 383 g/mol. The molecule has 25 heavy (non-hydrogen) atoms. The molecule has 0 bridgehead atoms. The molecule has 0 saturated heterocycles. The summed E-state index contributed by atoms with van der Waals surface area (Å²) in [6, 6.07) is 6.40. The summed E-state index contributed by atoms with van der Waals surface area (Å²) in [7, 11) is -3.41. The highest BCUT2D eigenvalue weighted by Crippen LogP contribution is 2.18. The average Bonchev–Trinajstić information content (AvgIpc) is 2.92. The summed E-state index contributed by atoms with van der Waals surface area (Å²) in [6.07, 6.45) is 1.00. The van der Waals surface area contributed by atoms with Crippen molar-refractivity contribution in [1.82, 2.24) is 4.98 Å². The van der Waals surface area contributed by atoms with Crippen LogP contribution in [0.1, 0.15) is 23.0 Å². The van der Waals surface area contributed by atoms with Gasteiger partial charge in [-0.3, -0.25) is 9.52 Å². The van der Waals surface area contributed by atoms with Crippen molar-refractivity contribution in [1.29, 1.82) is 0 Å². The molecule has 1 heterocycles. The first-order valence-corrected chi connectivity index (χ1v) is 10.0. The number of hydrogen-bond acceptors (Lipinski definition) is 7. The van der Waals surface area contributed by atoms with Crippen LogP contribution < -0.4 is 10.0 Å². The van der Waals surface area contributed by atoms with Gasteiger partial charge in [-0.25, -0.2) is 18.2 Å². The van der Waals surface area contributed by atoms with E-state index in [2.05, 4.69) is 15.0 Å². The van der Waals surface area contributed by atoms with Crippen LogP contribution in [0.5, 0.6) is 0 Å². The van der Waals surface area contributed by atoms with Crippen molar-refractivity contribution < 1.29 is 22.7 Å². The van der Waals surface area contributed by atoms with Crippen LogP contribution in [0.15, 0.2) is 29.6 Å². The smallest absolute Gasteiger partial charge is 0.338 e. The summed E-state index contributed by atoms with van der Waals surface area (Å²) in [5, 5.41) is 4.47. The number of benzene rings is 1. The van der Waals surface area contributed by atoms with Crippen LogP contribution in [0.25, 0.3) is 0 Å². The summed E-state index contributed by atoms with van der Waals surface area (Å²) in [4.78, 5) is 27.8. The number of aromatic nitrogens is 1. The van der Waals surface area contributed by atoms with Gasteiger partial charge in [-0.2, -0.15) is 0 Å². The van der Waals surface area contributed by atoms with Gasteiger partial charge in [0.15, 0.2) is 5.13 Å². The molecule has 0 aliphatic heterocycles. The highest BCUT2D eigenvalue weighted by atomic mass is 32.2. The maximum atomic E-state index is 12.1. The summed E-state index contributed by atoms with van der Waals surface area (Å²) in [6.45, 7) is 1.98. The van der Waals surface area contributed by atoms with Gasteiger partial charge in [-0.1, -0.05) is 6.07 Å². The molecular weight excluding hydrogens is 366 g/mol. The van der Waals surface area contributed by atoms with Crippen LogP contribution in [0.3, 0.4) is 0 Å². The number of anilines is 2. The van der Waals surface area contributed by atoms with E-state index in [4.69, 9.17) is 4.74 Å². The number of nitrogens with one attached hydrogen (secondary N) is 2. The van der Waals surface area contributed by atoms with Gasteiger partial charge >= 0.3 is 5.97 Å². The number of carbonyl (C=O) groups is 2. The van der Waals surface area contributed by atoms with E-state index in [1.165, 1.54) is 6.07 Å². The predicted octanol–water partition coefficient (Wildman–Crippen LogP) is 1.87. The van der Waals surface area contributed by atoms with Crippen LogP contribution in [0.4, 0.5) is 10.8 Å². The van der Waals surface area contributed by atoms with E-state index < -0.39 is 16.0 Å². The first-order valence-electron chi connectivity index (χ1n) is 7.26. The van der Waals surface area contributed by atoms with Gasteiger partial charge in [0.05, 0.1) is 30.5 Å². The summed E-state index contributed by atoms with van der Waals surface area (Å²) >= 11 is 1.09. The molecule has 0 fully saturated rings. The lowest BCUT2D eigenvalue weighted by atomic mass is 10.2. The Kier molecular flexibility index (Phi) is 6.10. The number of rotatable bonds is 7. The molecule has 2 aromatic rings. The van der Waals surface area contributed by atoms with E-state index in [1.807, 2.05) is 0 Å². The molecular formula is C15H17N3O5S2. The Bertz CT molecular complexity index is 877. The molecule has 2 rings (SSSR count). The second-order valence-corrected chi connectivity index (χ2v) is 7.65. The number of esters is 1. The van der Waals surface area contributed by atoms with Crippen molar-refractivity contribution in [2.24, 2.45) is 0 Å². The normalized spacial score (nSPS) is 11.0. The van der Waals surface area contributed by atoms with Gasteiger partial charge in [-0.15, -0.1) is 11.3 Å². The number of carbonyl (C=O) groups excluding carboxylic acids is 2. The second-order valence-electron chi connectivity index (χ2n) is 5.04. The second kappa shape index (κ2) is 8.08. The summed E-state index contributed by atoms with van der Waals surface area (Å²) in [5.74, 6) is -0.799. The molecule has 0 unspecified atom stereocenters. The fraction of sp³-hybridized carbons (Fsp3) is 0.267. The van der Waals surface area contributed by atoms with E-state index >= 15 is 0 Å². The number of sulfonamides is 1. The number of nitrogens with zero attached hydrogens (tertiary/aromatic N) is 1. The largest absolute Gasteiger partial charge is 0.462 e. The number of amides is 1. The fourth-order valence-electron chi connectivity index (χ4n) is 1.90. The van der Waals surface area contributed by atoms with E-state index in [1.54, 1.807) is 30.5 Å². The topological polar surface area (TPSA) is 114 Å². The minimum atomic E-state index is -3.41. The Morgan fingerprint density at radius 2 is 2.08 bits per heavy atom. The Balaban J connectivity index is 1.99. The molecule has 1 amide bonds. The molecule has 1 aromatic heterocycles.